The summed E-state index contributed by atoms with van der Waals surface area (Å²) in [5, 5.41) is 0.972. The van der Waals surface area contributed by atoms with Crippen molar-refractivity contribution in [1.82, 2.24) is 9.88 Å². The molecule has 19 heavy (non-hydrogen) atoms. The van der Waals surface area contributed by atoms with Gasteiger partial charge in [0.05, 0.1) is 7.11 Å². The largest absolute Gasteiger partial charge is 0.468 e. The fourth-order valence-electron chi connectivity index (χ4n) is 1.92. The van der Waals surface area contributed by atoms with E-state index in [-0.39, 0.29) is 12.5 Å². The van der Waals surface area contributed by atoms with Gasteiger partial charge in [0.1, 0.15) is 6.54 Å². The summed E-state index contributed by atoms with van der Waals surface area (Å²) in [6.07, 6.45) is 1.82. The highest BCUT2D eigenvalue weighted by molar-refractivity contribution is 5.99. The Morgan fingerprint density at radius 2 is 2.11 bits per heavy atom. The number of likely N-dealkylation sites (N-methyl/N-ethyl adjacent to an activating group) is 1. The fraction of sp³-hybridized carbons (Fsp3) is 0.286. The molecule has 0 radical (unpaired) electrons. The zero-order chi connectivity index (χ0) is 13.8. The molecule has 0 spiro atoms. The molecule has 0 aliphatic rings. The summed E-state index contributed by atoms with van der Waals surface area (Å²) >= 11 is 0. The smallest absolute Gasteiger partial charge is 0.325 e. The maximum Gasteiger partial charge on any atom is 0.325 e. The molecule has 1 amide bonds. The number of amides is 1. The van der Waals surface area contributed by atoms with Crippen LogP contribution >= 0.6 is 0 Å². The molecule has 0 saturated carbocycles. The van der Waals surface area contributed by atoms with Crippen LogP contribution in [0, 0.1) is 0 Å². The maximum absolute atomic E-state index is 12.3. The van der Waals surface area contributed by atoms with E-state index in [4.69, 9.17) is 0 Å². The number of rotatable bonds is 4. The number of H-pyrrole nitrogens is 1. The van der Waals surface area contributed by atoms with E-state index in [1.54, 1.807) is 6.07 Å². The average molecular weight is 260 g/mol. The molecule has 0 saturated heterocycles. The summed E-state index contributed by atoms with van der Waals surface area (Å²) in [7, 11) is 1.31. The van der Waals surface area contributed by atoms with Gasteiger partial charge in [-0.3, -0.25) is 9.59 Å². The van der Waals surface area contributed by atoms with Crippen LogP contribution in [0.25, 0.3) is 10.9 Å². The lowest BCUT2D eigenvalue weighted by atomic mass is 10.1. The van der Waals surface area contributed by atoms with Crippen LogP contribution in [0.4, 0.5) is 0 Å². The van der Waals surface area contributed by atoms with E-state index in [2.05, 4.69) is 9.72 Å². The van der Waals surface area contributed by atoms with Crippen LogP contribution in [0.2, 0.25) is 0 Å². The molecule has 0 fully saturated rings. The molecule has 0 aliphatic carbocycles. The van der Waals surface area contributed by atoms with Crippen LogP contribution in [0.15, 0.2) is 30.5 Å². The molecule has 2 aromatic rings. The first-order valence-electron chi connectivity index (χ1n) is 6.09. The molecular formula is C14H16N2O3. The molecule has 5 heteroatoms. The van der Waals surface area contributed by atoms with Crippen molar-refractivity contribution in [3.8, 4) is 0 Å². The molecule has 100 valence electrons. The van der Waals surface area contributed by atoms with Crippen LogP contribution < -0.4 is 0 Å². The number of esters is 1. The van der Waals surface area contributed by atoms with Crippen molar-refractivity contribution in [2.75, 3.05) is 20.2 Å². The van der Waals surface area contributed by atoms with Gasteiger partial charge in [0, 0.05) is 29.2 Å². The van der Waals surface area contributed by atoms with E-state index in [0.717, 1.165) is 10.9 Å². The lowest BCUT2D eigenvalue weighted by Crippen LogP contribution is -2.36. The summed E-state index contributed by atoms with van der Waals surface area (Å²) in [5.74, 6) is -0.589. The van der Waals surface area contributed by atoms with Crippen LogP contribution in [0.1, 0.15) is 17.3 Å². The molecule has 0 bridgehead atoms. The van der Waals surface area contributed by atoms with Gasteiger partial charge in [-0.05, 0) is 31.2 Å². The normalized spacial score (nSPS) is 10.4. The predicted octanol–water partition coefficient (Wildman–Crippen LogP) is 1.80. The van der Waals surface area contributed by atoms with Crippen molar-refractivity contribution in [3.05, 3.63) is 36.0 Å². The highest BCUT2D eigenvalue weighted by Gasteiger charge is 2.17. The molecular weight excluding hydrogens is 244 g/mol. The predicted molar refractivity (Wildman–Crippen MR) is 71.9 cm³/mol. The van der Waals surface area contributed by atoms with Gasteiger partial charge in [0.25, 0.3) is 5.91 Å². The number of methoxy groups -OCH3 is 1. The SMILES string of the molecule is CCN(CC(=O)OC)C(=O)c1ccc2[nH]ccc2c1. The topological polar surface area (TPSA) is 62.4 Å². The summed E-state index contributed by atoms with van der Waals surface area (Å²) in [6, 6.07) is 7.33. The van der Waals surface area contributed by atoms with Crippen molar-refractivity contribution in [3.63, 3.8) is 0 Å². The number of fused-ring (bicyclic) bond motifs is 1. The van der Waals surface area contributed by atoms with Gasteiger partial charge in [0.15, 0.2) is 0 Å². The minimum Gasteiger partial charge on any atom is -0.468 e. The third-order valence-electron chi connectivity index (χ3n) is 3.02. The monoisotopic (exact) mass is 260 g/mol. The number of carbonyl (C=O) groups is 2. The number of aromatic nitrogens is 1. The molecule has 1 aromatic heterocycles. The van der Waals surface area contributed by atoms with Crippen LogP contribution in [-0.2, 0) is 9.53 Å². The van der Waals surface area contributed by atoms with E-state index in [9.17, 15) is 9.59 Å². The van der Waals surface area contributed by atoms with Crippen molar-refractivity contribution in [2.45, 2.75) is 6.92 Å². The standard InChI is InChI=1S/C14H16N2O3/c1-3-16(9-13(17)19-2)14(18)11-4-5-12-10(8-11)6-7-15-12/h4-8,15H,3,9H2,1-2H3. The minimum atomic E-state index is -0.419. The van der Waals surface area contributed by atoms with E-state index in [1.807, 2.05) is 31.3 Å². The lowest BCUT2D eigenvalue weighted by Gasteiger charge is -2.19. The lowest BCUT2D eigenvalue weighted by molar-refractivity contribution is -0.141. The second kappa shape index (κ2) is 5.56. The van der Waals surface area contributed by atoms with Gasteiger partial charge in [-0.1, -0.05) is 0 Å². The Balaban J connectivity index is 2.23. The summed E-state index contributed by atoms with van der Waals surface area (Å²) in [5.41, 5.74) is 1.55. The van der Waals surface area contributed by atoms with E-state index < -0.39 is 5.97 Å². The van der Waals surface area contributed by atoms with Gasteiger partial charge in [0.2, 0.25) is 0 Å². The number of nitrogens with one attached hydrogen (secondary N) is 1. The average Bonchev–Trinajstić information content (AvgIpc) is 2.90. The Labute approximate surface area is 111 Å². The Kier molecular flexibility index (Phi) is 3.85. The first kappa shape index (κ1) is 13.1. The Bertz CT molecular complexity index is 604. The number of benzene rings is 1. The maximum atomic E-state index is 12.3. The zero-order valence-corrected chi connectivity index (χ0v) is 11.0. The molecule has 0 aliphatic heterocycles. The second-order valence-corrected chi connectivity index (χ2v) is 4.18. The summed E-state index contributed by atoms with van der Waals surface area (Å²) < 4.78 is 4.59. The highest BCUT2D eigenvalue weighted by Crippen LogP contribution is 2.15. The number of ether oxygens (including phenoxy) is 1. The van der Waals surface area contributed by atoms with E-state index >= 15 is 0 Å². The Hall–Kier alpha value is -2.30. The van der Waals surface area contributed by atoms with Gasteiger partial charge in [-0.15, -0.1) is 0 Å². The molecule has 1 aromatic carbocycles. The number of carbonyl (C=O) groups excluding carboxylic acids is 2. The number of nitrogens with zero attached hydrogens (tertiary/aromatic N) is 1. The van der Waals surface area contributed by atoms with Gasteiger partial charge in [-0.2, -0.15) is 0 Å². The number of aromatic amines is 1. The molecule has 0 atom stereocenters. The van der Waals surface area contributed by atoms with Crippen LogP contribution in [0.5, 0.6) is 0 Å². The van der Waals surface area contributed by atoms with Crippen LogP contribution in [-0.4, -0.2) is 42.0 Å². The van der Waals surface area contributed by atoms with Crippen molar-refractivity contribution in [1.29, 1.82) is 0 Å². The minimum absolute atomic E-state index is 0.0307. The molecule has 1 heterocycles. The fourth-order valence-corrected chi connectivity index (χ4v) is 1.92. The molecule has 0 unspecified atom stereocenters. The number of hydrogen-bond acceptors (Lipinski definition) is 3. The summed E-state index contributed by atoms with van der Waals surface area (Å²) in [6.45, 7) is 2.26. The Morgan fingerprint density at radius 1 is 1.32 bits per heavy atom. The van der Waals surface area contributed by atoms with E-state index in [1.165, 1.54) is 12.0 Å². The van der Waals surface area contributed by atoms with Gasteiger partial charge in [-0.25, -0.2) is 0 Å². The Morgan fingerprint density at radius 3 is 2.79 bits per heavy atom. The van der Waals surface area contributed by atoms with Crippen molar-refractivity contribution >= 4 is 22.8 Å². The van der Waals surface area contributed by atoms with Gasteiger partial charge >= 0.3 is 5.97 Å². The quantitative estimate of drug-likeness (QED) is 0.853. The summed E-state index contributed by atoms with van der Waals surface area (Å²) in [4.78, 5) is 28.1. The zero-order valence-electron chi connectivity index (χ0n) is 11.0. The number of hydrogen-bond donors (Lipinski definition) is 1. The molecule has 1 N–H and O–H groups in total. The highest BCUT2D eigenvalue weighted by atomic mass is 16.5. The van der Waals surface area contributed by atoms with E-state index in [0.29, 0.717) is 12.1 Å². The third-order valence-corrected chi connectivity index (χ3v) is 3.02. The molecule has 5 nitrogen and oxygen atoms in total. The van der Waals surface area contributed by atoms with Gasteiger partial charge < -0.3 is 14.6 Å². The van der Waals surface area contributed by atoms with Crippen LogP contribution in [0.3, 0.4) is 0 Å². The van der Waals surface area contributed by atoms with Crippen molar-refractivity contribution < 1.29 is 14.3 Å². The first-order valence-corrected chi connectivity index (χ1v) is 6.09. The third kappa shape index (κ3) is 2.76. The van der Waals surface area contributed by atoms with Crippen molar-refractivity contribution in [2.24, 2.45) is 0 Å². The second-order valence-electron chi connectivity index (χ2n) is 4.18. The molecule has 2 rings (SSSR count). The first-order chi connectivity index (χ1) is 9.15.